The van der Waals surface area contributed by atoms with Crippen molar-refractivity contribution in [2.75, 3.05) is 0 Å². The number of hydrogen-bond donors (Lipinski definition) is 0. The van der Waals surface area contributed by atoms with Crippen LogP contribution in [-0.4, -0.2) is 0 Å². The Morgan fingerprint density at radius 2 is 1.15 bits per heavy atom. The molecule has 0 fully saturated rings. The van der Waals surface area contributed by atoms with Gasteiger partial charge in [0.1, 0.15) is 22.1 Å². The van der Waals surface area contributed by atoms with Crippen LogP contribution >= 0.6 is 10.5 Å². The summed E-state index contributed by atoms with van der Waals surface area (Å²) in [7, 11) is -2.14. The van der Waals surface area contributed by atoms with Crippen molar-refractivity contribution in [2.24, 2.45) is 0 Å². The molecular formula is C13H6ClF5S. The molecule has 0 aliphatic carbocycles. The van der Waals surface area contributed by atoms with E-state index in [0.29, 0.717) is 0 Å². The monoisotopic (exact) mass is 324 g/mol. The second-order valence-electron chi connectivity index (χ2n) is 4.03. The Labute approximate surface area is 119 Å². The van der Waals surface area contributed by atoms with E-state index in [4.69, 9.17) is 0 Å². The van der Waals surface area contributed by atoms with E-state index >= 15 is 0 Å². The van der Waals surface area contributed by atoms with E-state index in [1.807, 2.05) is 0 Å². The van der Waals surface area contributed by atoms with E-state index in [9.17, 15) is 22.0 Å². The molecule has 1 heterocycles. The molecule has 0 saturated carbocycles. The molecule has 1 aromatic heterocycles. The summed E-state index contributed by atoms with van der Waals surface area (Å²) in [6.45, 7) is 0. The Morgan fingerprint density at radius 3 is 1.50 bits per heavy atom. The zero-order valence-corrected chi connectivity index (χ0v) is 11.2. The Bertz CT molecular complexity index is 731. The van der Waals surface area contributed by atoms with Gasteiger partial charge in [0.2, 0.25) is 0 Å². The van der Waals surface area contributed by atoms with Crippen LogP contribution in [0.4, 0.5) is 22.0 Å². The smallest absolute Gasteiger partial charge is 0.601 e. The molecule has 0 bridgehead atoms. The van der Waals surface area contributed by atoms with Crippen molar-refractivity contribution < 1.29 is 34.4 Å². The van der Waals surface area contributed by atoms with E-state index in [0.717, 1.165) is 36.4 Å². The third kappa shape index (κ3) is 2.23. The summed E-state index contributed by atoms with van der Waals surface area (Å²) < 4.78 is 65.8. The molecule has 0 spiro atoms. The highest BCUT2D eigenvalue weighted by molar-refractivity contribution is 7.43. The Morgan fingerprint density at radius 1 is 0.750 bits per heavy atom. The predicted molar refractivity (Wildman–Crippen MR) is 65.1 cm³/mol. The van der Waals surface area contributed by atoms with Crippen LogP contribution in [0.15, 0.2) is 36.4 Å². The molecule has 0 saturated heterocycles. The fraction of sp³-hybridized carbons (Fsp3) is 0.0769. The molecule has 106 valence electrons. The van der Waals surface area contributed by atoms with Gasteiger partial charge in [0.25, 0.3) is 0 Å². The van der Waals surface area contributed by atoms with Gasteiger partial charge < -0.3 is 12.4 Å². The molecule has 3 rings (SSSR count). The minimum Gasteiger partial charge on any atom is -1.00 e. The van der Waals surface area contributed by atoms with Crippen molar-refractivity contribution in [2.45, 2.75) is 5.51 Å². The number of benzene rings is 2. The summed E-state index contributed by atoms with van der Waals surface area (Å²) in [6.07, 6.45) is 0. The van der Waals surface area contributed by atoms with Gasteiger partial charge >= 0.3 is 5.51 Å². The number of alkyl halides is 3. The molecule has 0 nitrogen and oxygen atoms in total. The number of fused-ring (bicyclic) bond motifs is 3. The lowest BCUT2D eigenvalue weighted by atomic mass is 10.1. The minimum absolute atomic E-state index is 0. The molecule has 0 aliphatic rings. The molecular weight excluding hydrogens is 319 g/mol. The first-order valence-corrected chi connectivity index (χ1v) is 6.51. The van der Waals surface area contributed by atoms with E-state index in [1.165, 1.54) is 0 Å². The molecule has 0 atom stereocenters. The summed E-state index contributed by atoms with van der Waals surface area (Å²) in [5.74, 6) is -1.27. The predicted octanol–water partition coefficient (Wildman–Crippen LogP) is 2.50. The highest BCUT2D eigenvalue weighted by atomic mass is 35.5. The van der Waals surface area contributed by atoms with E-state index < -0.39 is 27.6 Å². The van der Waals surface area contributed by atoms with Gasteiger partial charge in [0, 0.05) is 12.1 Å². The van der Waals surface area contributed by atoms with Crippen LogP contribution < -0.4 is 12.4 Å². The van der Waals surface area contributed by atoms with Gasteiger partial charge in [-0.25, -0.2) is 8.78 Å². The fourth-order valence-electron chi connectivity index (χ4n) is 2.15. The zero-order valence-electron chi connectivity index (χ0n) is 9.64. The molecule has 20 heavy (non-hydrogen) atoms. The molecule has 7 heteroatoms. The van der Waals surface area contributed by atoms with Gasteiger partial charge in [-0.15, -0.1) is 13.2 Å². The third-order valence-corrected chi connectivity index (χ3v) is 4.90. The standard InChI is InChI=1S/C13H6F5S.ClH/c14-7-1-3-11-9(5-7)10-6-8(15)2-4-12(10)19(11)13(16,17)18;/h1-6H;1H/q+1;/p-1. The van der Waals surface area contributed by atoms with Crippen LogP contribution in [0, 0.1) is 11.6 Å². The maximum absolute atomic E-state index is 13.2. The highest BCUT2D eigenvalue weighted by Gasteiger charge is 2.47. The molecule has 0 unspecified atom stereocenters. The lowest BCUT2D eigenvalue weighted by molar-refractivity contribution is -0.0862. The lowest BCUT2D eigenvalue weighted by Crippen LogP contribution is -3.00. The Hall–Kier alpha value is -1.40. The summed E-state index contributed by atoms with van der Waals surface area (Å²) in [4.78, 5) is 0. The van der Waals surface area contributed by atoms with Gasteiger partial charge in [-0.05, 0) is 24.3 Å². The summed E-state index contributed by atoms with van der Waals surface area (Å²) in [5, 5.41) is 0.241. The molecule has 0 aliphatic heterocycles. The van der Waals surface area contributed by atoms with Gasteiger partial charge in [-0.1, -0.05) is 0 Å². The van der Waals surface area contributed by atoms with Crippen molar-refractivity contribution in [1.82, 2.24) is 0 Å². The quantitative estimate of drug-likeness (QED) is 0.440. The largest absolute Gasteiger partial charge is 1.00 e. The van der Waals surface area contributed by atoms with Gasteiger partial charge in [0.15, 0.2) is 9.40 Å². The van der Waals surface area contributed by atoms with Crippen LogP contribution in [-0.2, 0) is 5.51 Å². The SMILES string of the molecule is Fc1ccc2c(c1)c1cc(F)ccc1[s+]2C(F)(F)F.[Cl-]. The summed E-state index contributed by atoms with van der Waals surface area (Å²) in [5.41, 5.74) is -4.46. The average molecular weight is 325 g/mol. The normalized spacial score (nSPS) is 11.8. The van der Waals surface area contributed by atoms with Crippen LogP contribution in [0.1, 0.15) is 0 Å². The lowest BCUT2D eigenvalue weighted by Gasteiger charge is -1.96. The Balaban J connectivity index is 0.00000147. The maximum atomic E-state index is 13.2. The van der Waals surface area contributed by atoms with E-state index in [-0.39, 0.29) is 32.6 Å². The summed E-state index contributed by atoms with van der Waals surface area (Å²) in [6, 6.07) is 6.27. The first-order chi connectivity index (χ1) is 8.88. The van der Waals surface area contributed by atoms with Crippen LogP contribution in [0.5, 0.6) is 0 Å². The van der Waals surface area contributed by atoms with E-state index in [2.05, 4.69) is 0 Å². The Kier molecular flexibility index (Phi) is 3.64. The second kappa shape index (κ2) is 4.86. The molecule has 0 N–H and O–H groups in total. The van der Waals surface area contributed by atoms with Gasteiger partial charge in [-0.3, -0.25) is 0 Å². The second-order valence-corrected chi connectivity index (χ2v) is 5.99. The molecule has 2 aromatic carbocycles. The van der Waals surface area contributed by atoms with Crippen LogP contribution in [0.2, 0.25) is 0 Å². The summed E-state index contributed by atoms with van der Waals surface area (Å²) >= 11 is 0. The highest BCUT2D eigenvalue weighted by Crippen LogP contribution is 2.53. The van der Waals surface area contributed by atoms with Crippen molar-refractivity contribution in [3.63, 3.8) is 0 Å². The molecule has 3 aromatic rings. The van der Waals surface area contributed by atoms with Gasteiger partial charge in [0.05, 0.1) is 10.8 Å². The van der Waals surface area contributed by atoms with Gasteiger partial charge in [-0.2, -0.15) is 0 Å². The van der Waals surface area contributed by atoms with Crippen LogP contribution in [0.3, 0.4) is 0 Å². The number of rotatable bonds is 0. The fourth-order valence-corrected chi connectivity index (χ4v) is 4.07. The number of halogens is 6. The maximum Gasteiger partial charge on any atom is 0.601 e. The van der Waals surface area contributed by atoms with Crippen molar-refractivity contribution in [1.29, 1.82) is 0 Å². The molecule has 0 radical (unpaired) electrons. The third-order valence-electron chi connectivity index (χ3n) is 2.84. The molecule has 0 amide bonds. The number of hydrogen-bond acceptors (Lipinski definition) is 0. The average Bonchev–Trinajstić information content (AvgIpc) is 2.62. The first-order valence-electron chi connectivity index (χ1n) is 5.28. The topological polar surface area (TPSA) is 0 Å². The van der Waals surface area contributed by atoms with Crippen molar-refractivity contribution in [3.8, 4) is 0 Å². The van der Waals surface area contributed by atoms with Crippen molar-refractivity contribution in [3.05, 3.63) is 48.0 Å². The first kappa shape index (κ1) is 15.0. The zero-order chi connectivity index (χ0) is 13.8. The van der Waals surface area contributed by atoms with Crippen molar-refractivity contribution >= 4 is 30.6 Å². The van der Waals surface area contributed by atoms with E-state index in [1.54, 1.807) is 0 Å². The van der Waals surface area contributed by atoms with Crippen LogP contribution in [0.25, 0.3) is 20.2 Å². The number of thiophene rings is 1. The minimum atomic E-state index is -4.46.